The highest BCUT2D eigenvalue weighted by Crippen LogP contribution is 2.31. The highest BCUT2D eigenvalue weighted by atomic mass is 16.6. The van der Waals surface area contributed by atoms with Gasteiger partial charge in [0, 0.05) is 18.7 Å². The summed E-state index contributed by atoms with van der Waals surface area (Å²) < 4.78 is 0. The Morgan fingerprint density at radius 1 is 1.19 bits per heavy atom. The second kappa shape index (κ2) is 8.57. The first kappa shape index (κ1) is 20.1. The summed E-state index contributed by atoms with van der Waals surface area (Å²) in [6.07, 6.45) is 7.81. The van der Waals surface area contributed by atoms with E-state index >= 15 is 0 Å². The third-order valence-corrected chi connectivity index (χ3v) is 6.22. The normalized spacial score (nSPS) is 20.6. The van der Waals surface area contributed by atoms with Crippen LogP contribution >= 0.6 is 0 Å². The maximum absolute atomic E-state index is 11.4. The molecule has 1 aromatic carbocycles. The van der Waals surface area contributed by atoms with Crippen LogP contribution < -0.4 is 5.32 Å². The number of anilines is 1. The Bertz CT molecular complexity index is 643. The van der Waals surface area contributed by atoms with Crippen molar-refractivity contribution in [3.63, 3.8) is 0 Å². The van der Waals surface area contributed by atoms with E-state index < -0.39 is 5.60 Å². The van der Waals surface area contributed by atoms with Crippen molar-refractivity contribution in [2.24, 2.45) is 5.92 Å². The summed E-state index contributed by atoms with van der Waals surface area (Å²) >= 11 is 0. The van der Waals surface area contributed by atoms with E-state index in [0.717, 1.165) is 50.9 Å². The molecule has 0 spiro atoms. The molecule has 6 heteroatoms. The fraction of sp³-hybridized carbons (Fsp3) is 0.714. The first-order valence-corrected chi connectivity index (χ1v) is 10.3. The molecule has 1 saturated heterocycles. The molecule has 2 fully saturated rings. The van der Waals surface area contributed by atoms with Crippen molar-refractivity contribution in [1.29, 1.82) is 0 Å². The van der Waals surface area contributed by atoms with Crippen molar-refractivity contribution in [2.75, 3.05) is 18.4 Å². The largest absolute Gasteiger partial charge is 0.390 e. The summed E-state index contributed by atoms with van der Waals surface area (Å²) in [6.45, 7) is 6.50. The van der Waals surface area contributed by atoms with E-state index in [1.54, 1.807) is 6.07 Å². The maximum Gasteiger partial charge on any atom is 0.292 e. The summed E-state index contributed by atoms with van der Waals surface area (Å²) in [5.74, 6) is 0.342. The van der Waals surface area contributed by atoms with Crippen LogP contribution in [0.4, 0.5) is 11.4 Å². The zero-order chi connectivity index (χ0) is 19.4. The average molecular weight is 376 g/mol. The SMILES string of the molecule is CC(C)(O)C1CCN(Cc2ccc([N+](=O)[O-])c(NC3CCCCC3)c2)CC1. The van der Waals surface area contributed by atoms with E-state index in [-0.39, 0.29) is 10.6 Å². The van der Waals surface area contributed by atoms with Crippen molar-refractivity contribution >= 4 is 11.4 Å². The summed E-state index contributed by atoms with van der Waals surface area (Å²) in [4.78, 5) is 13.5. The number of rotatable bonds is 6. The van der Waals surface area contributed by atoms with E-state index in [0.29, 0.717) is 17.6 Å². The minimum absolute atomic E-state index is 0.171. The van der Waals surface area contributed by atoms with Crippen molar-refractivity contribution in [1.82, 2.24) is 4.90 Å². The van der Waals surface area contributed by atoms with Gasteiger partial charge in [0.1, 0.15) is 5.69 Å². The lowest BCUT2D eigenvalue weighted by molar-refractivity contribution is -0.384. The fourth-order valence-electron chi connectivity index (χ4n) is 4.48. The lowest BCUT2D eigenvalue weighted by Gasteiger charge is -2.37. The molecule has 3 rings (SSSR count). The molecule has 1 aliphatic heterocycles. The quantitative estimate of drug-likeness (QED) is 0.572. The predicted molar refractivity (Wildman–Crippen MR) is 108 cm³/mol. The molecule has 1 aromatic rings. The lowest BCUT2D eigenvalue weighted by Crippen LogP contribution is -2.41. The molecule has 0 radical (unpaired) electrons. The first-order chi connectivity index (χ1) is 12.8. The molecular weight excluding hydrogens is 342 g/mol. The van der Waals surface area contributed by atoms with Gasteiger partial charge in [-0.25, -0.2) is 0 Å². The van der Waals surface area contributed by atoms with Gasteiger partial charge in [0.25, 0.3) is 5.69 Å². The van der Waals surface area contributed by atoms with Gasteiger partial charge in [-0.2, -0.15) is 0 Å². The second-order valence-corrected chi connectivity index (χ2v) is 8.79. The third kappa shape index (κ3) is 5.42. The van der Waals surface area contributed by atoms with E-state index in [1.165, 1.54) is 19.3 Å². The summed E-state index contributed by atoms with van der Waals surface area (Å²) in [5, 5.41) is 25.1. The summed E-state index contributed by atoms with van der Waals surface area (Å²) in [6, 6.07) is 5.83. The van der Waals surface area contributed by atoms with Crippen LogP contribution in [0.2, 0.25) is 0 Å². The van der Waals surface area contributed by atoms with E-state index in [9.17, 15) is 15.2 Å². The number of aliphatic hydroxyl groups is 1. The molecule has 0 amide bonds. The predicted octanol–water partition coefficient (Wildman–Crippen LogP) is 4.32. The molecule has 6 nitrogen and oxygen atoms in total. The Morgan fingerprint density at radius 3 is 2.44 bits per heavy atom. The maximum atomic E-state index is 11.4. The number of piperidine rings is 1. The number of likely N-dealkylation sites (tertiary alicyclic amines) is 1. The first-order valence-electron chi connectivity index (χ1n) is 10.3. The van der Waals surface area contributed by atoms with Crippen molar-refractivity contribution in [3.05, 3.63) is 33.9 Å². The van der Waals surface area contributed by atoms with Gasteiger partial charge in [-0.05, 0) is 70.2 Å². The Balaban J connectivity index is 1.65. The topological polar surface area (TPSA) is 78.6 Å². The highest BCUT2D eigenvalue weighted by Gasteiger charge is 2.30. The minimum atomic E-state index is -0.615. The van der Waals surface area contributed by atoms with Crippen molar-refractivity contribution in [2.45, 2.75) is 77.0 Å². The highest BCUT2D eigenvalue weighted by molar-refractivity contribution is 5.63. The van der Waals surface area contributed by atoms with Crippen LogP contribution in [0.1, 0.15) is 64.4 Å². The molecule has 27 heavy (non-hydrogen) atoms. The molecule has 1 saturated carbocycles. The van der Waals surface area contributed by atoms with Crippen LogP contribution in [-0.4, -0.2) is 39.7 Å². The van der Waals surface area contributed by atoms with Crippen LogP contribution in [0.3, 0.4) is 0 Å². The van der Waals surface area contributed by atoms with Gasteiger partial charge < -0.3 is 10.4 Å². The van der Waals surface area contributed by atoms with Gasteiger partial charge in [0.2, 0.25) is 0 Å². The average Bonchev–Trinajstić information content (AvgIpc) is 2.62. The molecule has 2 aliphatic rings. The van der Waals surface area contributed by atoms with Gasteiger partial charge in [-0.15, -0.1) is 0 Å². The minimum Gasteiger partial charge on any atom is -0.390 e. The number of hydrogen-bond acceptors (Lipinski definition) is 5. The number of nitro benzene ring substituents is 1. The number of hydrogen-bond donors (Lipinski definition) is 2. The Hall–Kier alpha value is -1.66. The van der Waals surface area contributed by atoms with Crippen molar-refractivity contribution in [3.8, 4) is 0 Å². The lowest BCUT2D eigenvalue weighted by atomic mass is 9.83. The van der Waals surface area contributed by atoms with Crippen LogP contribution in [0.25, 0.3) is 0 Å². The van der Waals surface area contributed by atoms with Gasteiger partial charge in [-0.1, -0.05) is 25.3 Å². The smallest absolute Gasteiger partial charge is 0.292 e. The zero-order valence-electron chi connectivity index (χ0n) is 16.6. The number of nitrogens with zero attached hydrogens (tertiary/aromatic N) is 2. The Kier molecular flexibility index (Phi) is 6.37. The summed E-state index contributed by atoms with van der Waals surface area (Å²) in [5.41, 5.74) is 1.33. The molecule has 1 aliphatic carbocycles. The van der Waals surface area contributed by atoms with Gasteiger partial charge in [-0.3, -0.25) is 15.0 Å². The molecule has 2 N–H and O–H groups in total. The number of nitro groups is 1. The number of benzene rings is 1. The van der Waals surface area contributed by atoms with E-state index in [2.05, 4.69) is 10.2 Å². The Labute approximate surface area is 162 Å². The summed E-state index contributed by atoms with van der Waals surface area (Å²) in [7, 11) is 0. The molecular formula is C21H33N3O3. The molecule has 0 atom stereocenters. The van der Waals surface area contributed by atoms with Crippen LogP contribution in [0.15, 0.2) is 18.2 Å². The zero-order valence-corrected chi connectivity index (χ0v) is 16.6. The van der Waals surface area contributed by atoms with Gasteiger partial charge in [0.05, 0.1) is 10.5 Å². The molecule has 0 unspecified atom stereocenters. The van der Waals surface area contributed by atoms with Crippen molar-refractivity contribution < 1.29 is 10.0 Å². The monoisotopic (exact) mass is 375 g/mol. The molecule has 0 bridgehead atoms. The standard InChI is InChI=1S/C21H33N3O3/c1-21(2,25)17-10-12-23(13-11-17)15-16-8-9-20(24(26)27)19(14-16)22-18-6-4-3-5-7-18/h8-9,14,17-18,22,25H,3-7,10-13,15H2,1-2H3. The second-order valence-electron chi connectivity index (χ2n) is 8.79. The Morgan fingerprint density at radius 2 is 1.85 bits per heavy atom. The number of nitrogens with one attached hydrogen (secondary N) is 1. The molecule has 0 aromatic heterocycles. The molecule has 1 heterocycles. The third-order valence-electron chi connectivity index (χ3n) is 6.22. The van der Waals surface area contributed by atoms with E-state index in [1.807, 2.05) is 26.0 Å². The molecule has 150 valence electrons. The van der Waals surface area contributed by atoms with Crippen LogP contribution in [0.5, 0.6) is 0 Å². The van der Waals surface area contributed by atoms with Crippen LogP contribution in [0, 0.1) is 16.0 Å². The van der Waals surface area contributed by atoms with Gasteiger partial charge >= 0.3 is 0 Å². The van der Waals surface area contributed by atoms with E-state index in [4.69, 9.17) is 0 Å². The van der Waals surface area contributed by atoms with Crippen LogP contribution in [-0.2, 0) is 6.54 Å². The van der Waals surface area contributed by atoms with Gasteiger partial charge in [0.15, 0.2) is 0 Å². The fourth-order valence-corrected chi connectivity index (χ4v) is 4.48.